The Kier molecular flexibility index (Phi) is 2.48. The van der Waals surface area contributed by atoms with Crippen LogP contribution in [0.3, 0.4) is 0 Å². The van der Waals surface area contributed by atoms with E-state index in [4.69, 9.17) is 15.2 Å². The van der Waals surface area contributed by atoms with E-state index >= 15 is 0 Å². The standard InChI is InChI=1S/C14H15N5O/c15-10-3-4-12-11(7-10)17-14(9-1-2-9)19(12)6-5-13-16-8-20-18-13/h3-4,7-9H,1-2,5-6,15H2. The SMILES string of the molecule is Nc1ccc2c(c1)nc(C1CC1)n2CCc1ncon1. The summed E-state index contributed by atoms with van der Waals surface area (Å²) in [5.41, 5.74) is 8.70. The number of fused-ring (bicyclic) bond motifs is 1. The Balaban J connectivity index is 1.73. The van der Waals surface area contributed by atoms with E-state index in [-0.39, 0.29) is 0 Å². The Morgan fingerprint density at radius 3 is 3.00 bits per heavy atom. The van der Waals surface area contributed by atoms with E-state index in [0.717, 1.165) is 41.3 Å². The Hall–Kier alpha value is -2.37. The zero-order valence-electron chi connectivity index (χ0n) is 11.0. The summed E-state index contributed by atoms with van der Waals surface area (Å²) < 4.78 is 7.04. The second-order valence-corrected chi connectivity index (χ2v) is 5.24. The van der Waals surface area contributed by atoms with Gasteiger partial charge in [-0.05, 0) is 31.0 Å². The number of benzene rings is 1. The molecular formula is C14H15N5O. The highest BCUT2D eigenvalue weighted by Crippen LogP contribution is 2.40. The average molecular weight is 269 g/mol. The molecule has 0 spiro atoms. The van der Waals surface area contributed by atoms with E-state index in [1.807, 2.05) is 18.2 Å². The predicted octanol–water partition coefficient (Wildman–Crippen LogP) is 2.12. The van der Waals surface area contributed by atoms with Gasteiger partial charge in [-0.15, -0.1) is 0 Å². The molecule has 0 radical (unpaired) electrons. The van der Waals surface area contributed by atoms with Crippen LogP contribution in [0.2, 0.25) is 0 Å². The van der Waals surface area contributed by atoms with E-state index in [0.29, 0.717) is 5.92 Å². The number of imidazole rings is 1. The molecule has 0 atom stereocenters. The molecule has 1 fully saturated rings. The van der Waals surface area contributed by atoms with Crippen molar-refractivity contribution < 1.29 is 4.52 Å². The van der Waals surface area contributed by atoms with E-state index < -0.39 is 0 Å². The third-order valence-corrected chi connectivity index (χ3v) is 3.71. The Morgan fingerprint density at radius 2 is 2.25 bits per heavy atom. The van der Waals surface area contributed by atoms with Crippen LogP contribution < -0.4 is 5.73 Å². The van der Waals surface area contributed by atoms with Crippen molar-refractivity contribution in [2.45, 2.75) is 31.7 Å². The average Bonchev–Trinajstić information content (AvgIpc) is 3.03. The fourth-order valence-electron chi connectivity index (χ4n) is 2.57. The lowest BCUT2D eigenvalue weighted by molar-refractivity contribution is 0.408. The maximum atomic E-state index is 5.84. The normalized spacial score (nSPS) is 15.0. The van der Waals surface area contributed by atoms with Gasteiger partial charge < -0.3 is 14.8 Å². The van der Waals surface area contributed by atoms with Gasteiger partial charge in [0.1, 0.15) is 5.82 Å². The summed E-state index contributed by atoms with van der Waals surface area (Å²) in [6.45, 7) is 0.811. The van der Waals surface area contributed by atoms with Gasteiger partial charge in [0.05, 0.1) is 11.0 Å². The molecule has 2 heterocycles. The number of nitrogens with two attached hydrogens (primary N) is 1. The van der Waals surface area contributed by atoms with Gasteiger partial charge in [-0.1, -0.05) is 5.16 Å². The Bertz CT molecular complexity index is 742. The quantitative estimate of drug-likeness (QED) is 0.733. The topological polar surface area (TPSA) is 82.8 Å². The first-order valence-electron chi connectivity index (χ1n) is 6.82. The molecule has 0 aliphatic heterocycles. The van der Waals surface area contributed by atoms with Crippen LogP contribution in [0.1, 0.15) is 30.4 Å². The monoisotopic (exact) mass is 269 g/mol. The maximum Gasteiger partial charge on any atom is 0.213 e. The van der Waals surface area contributed by atoms with Crippen LogP contribution in [0, 0.1) is 0 Å². The van der Waals surface area contributed by atoms with E-state index in [1.54, 1.807) is 0 Å². The van der Waals surface area contributed by atoms with Crippen molar-refractivity contribution in [3.8, 4) is 0 Å². The molecule has 2 N–H and O–H groups in total. The lowest BCUT2D eigenvalue weighted by Crippen LogP contribution is -2.06. The molecule has 0 bridgehead atoms. The van der Waals surface area contributed by atoms with Gasteiger partial charge in [-0.25, -0.2) is 4.98 Å². The molecular weight excluding hydrogens is 254 g/mol. The molecule has 3 aromatic rings. The molecule has 0 amide bonds. The highest BCUT2D eigenvalue weighted by Gasteiger charge is 2.29. The molecule has 1 saturated carbocycles. The highest BCUT2D eigenvalue weighted by molar-refractivity contribution is 5.79. The van der Waals surface area contributed by atoms with Crippen molar-refractivity contribution in [2.75, 3.05) is 5.73 Å². The molecule has 0 saturated heterocycles. The van der Waals surface area contributed by atoms with E-state index in [9.17, 15) is 0 Å². The molecule has 102 valence electrons. The van der Waals surface area contributed by atoms with Crippen molar-refractivity contribution in [1.29, 1.82) is 0 Å². The van der Waals surface area contributed by atoms with Crippen LogP contribution in [0.5, 0.6) is 0 Å². The summed E-state index contributed by atoms with van der Waals surface area (Å²) >= 11 is 0. The first-order chi connectivity index (χ1) is 9.81. The van der Waals surface area contributed by atoms with Crippen LogP contribution in [0.25, 0.3) is 11.0 Å². The molecule has 1 aromatic carbocycles. The number of nitrogens with zero attached hydrogens (tertiary/aromatic N) is 4. The minimum atomic E-state index is 0.592. The van der Waals surface area contributed by atoms with Gasteiger partial charge in [0, 0.05) is 24.6 Å². The number of nitrogen functional groups attached to an aromatic ring is 1. The van der Waals surface area contributed by atoms with Gasteiger partial charge in [0.15, 0.2) is 5.82 Å². The molecule has 2 aromatic heterocycles. The van der Waals surface area contributed by atoms with Crippen LogP contribution in [-0.4, -0.2) is 19.7 Å². The number of hydrogen-bond donors (Lipinski definition) is 1. The van der Waals surface area contributed by atoms with Crippen LogP contribution in [-0.2, 0) is 13.0 Å². The largest absolute Gasteiger partial charge is 0.399 e. The second kappa shape index (κ2) is 4.33. The molecule has 0 unspecified atom stereocenters. The number of aromatic nitrogens is 4. The molecule has 4 rings (SSSR count). The zero-order chi connectivity index (χ0) is 13.5. The summed E-state index contributed by atoms with van der Waals surface area (Å²) in [4.78, 5) is 8.82. The summed E-state index contributed by atoms with van der Waals surface area (Å²) in [6.07, 6.45) is 4.55. The summed E-state index contributed by atoms with van der Waals surface area (Å²) in [7, 11) is 0. The van der Waals surface area contributed by atoms with Gasteiger partial charge >= 0.3 is 0 Å². The number of aryl methyl sites for hydroxylation is 2. The predicted molar refractivity (Wildman–Crippen MR) is 74.1 cm³/mol. The van der Waals surface area contributed by atoms with Crippen molar-refractivity contribution in [2.24, 2.45) is 0 Å². The van der Waals surface area contributed by atoms with Gasteiger partial charge in [0.25, 0.3) is 0 Å². The first kappa shape index (κ1) is 11.5. The van der Waals surface area contributed by atoms with Gasteiger partial charge in [-0.3, -0.25) is 0 Å². The highest BCUT2D eigenvalue weighted by atomic mass is 16.5. The summed E-state index contributed by atoms with van der Waals surface area (Å²) in [5, 5.41) is 3.86. The van der Waals surface area contributed by atoms with Crippen LogP contribution in [0.15, 0.2) is 29.1 Å². The second-order valence-electron chi connectivity index (χ2n) is 5.24. The van der Waals surface area contributed by atoms with Crippen LogP contribution in [0.4, 0.5) is 5.69 Å². The minimum absolute atomic E-state index is 0.592. The Labute approximate surface area is 115 Å². The Morgan fingerprint density at radius 1 is 1.35 bits per heavy atom. The third-order valence-electron chi connectivity index (χ3n) is 3.71. The van der Waals surface area contributed by atoms with E-state index in [2.05, 4.69) is 14.7 Å². The molecule has 20 heavy (non-hydrogen) atoms. The van der Waals surface area contributed by atoms with E-state index in [1.165, 1.54) is 19.2 Å². The number of hydrogen-bond acceptors (Lipinski definition) is 5. The fourth-order valence-corrected chi connectivity index (χ4v) is 2.57. The lowest BCUT2D eigenvalue weighted by Gasteiger charge is -2.07. The molecule has 1 aliphatic rings. The van der Waals surface area contributed by atoms with Gasteiger partial charge in [-0.2, -0.15) is 4.98 Å². The van der Waals surface area contributed by atoms with Crippen molar-refractivity contribution >= 4 is 16.7 Å². The first-order valence-corrected chi connectivity index (χ1v) is 6.82. The zero-order valence-corrected chi connectivity index (χ0v) is 11.0. The number of anilines is 1. The fraction of sp³-hybridized carbons (Fsp3) is 0.357. The van der Waals surface area contributed by atoms with Crippen molar-refractivity contribution in [3.63, 3.8) is 0 Å². The lowest BCUT2D eigenvalue weighted by atomic mass is 10.2. The third kappa shape index (κ3) is 1.93. The van der Waals surface area contributed by atoms with Crippen molar-refractivity contribution in [1.82, 2.24) is 19.7 Å². The molecule has 1 aliphatic carbocycles. The summed E-state index contributed by atoms with van der Waals surface area (Å²) in [5.74, 6) is 2.48. The number of rotatable bonds is 4. The van der Waals surface area contributed by atoms with Gasteiger partial charge in [0.2, 0.25) is 6.39 Å². The molecule has 6 nitrogen and oxygen atoms in total. The molecule has 6 heteroatoms. The van der Waals surface area contributed by atoms with Crippen LogP contribution >= 0.6 is 0 Å². The smallest absolute Gasteiger partial charge is 0.213 e. The van der Waals surface area contributed by atoms with Crippen molar-refractivity contribution in [3.05, 3.63) is 36.2 Å². The summed E-state index contributed by atoms with van der Waals surface area (Å²) in [6, 6.07) is 5.90. The minimum Gasteiger partial charge on any atom is -0.399 e. The maximum absolute atomic E-state index is 5.84.